The highest BCUT2D eigenvalue weighted by molar-refractivity contribution is 6.00. The molecule has 0 aromatic rings. The van der Waals surface area contributed by atoms with Crippen molar-refractivity contribution in [2.45, 2.75) is 63.6 Å². The molecule has 2 amide bonds. The van der Waals surface area contributed by atoms with Crippen LogP contribution in [0.1, 0.15) is 46.0 Å². The lowest BCUT2D eigenvalue weighted by Gasteiger charge is -2.44. The molecule has 5 fully saturated rings. The summed E-state index contributed by atoms with van der Waals surface area (Å²) in [4.78, 5) is 27.6. The molecule has 5 aliphatic rings. The summed E-state index contributed by atoms with van der Waals surface area (Å²) in [6.07, 6.45) is 6.24. The van der Waals surface area contributed by atoms with Crippen LogP contribution < -0.4 is 5.32 Å². The molecule has 4 heteroatoms. The van der Waals surface area contributed by atoms with Crippen molar-refractivity contribution in [3.63, 3.8) is 0 Å². The van der Waals surface area contributed by atoms with Gasteiger partial charge in [-0.05, 0) is 75.5 Å². The summed E-state index contributed by atoms with van der Waals surface area (Å²) in [5.74, 6) is 3.72. The van der Waals surface area contributed by atoms with Crippen LogP contribution in [0.3, 0.4) is 0 Å². The van der Waals surface area contributed by atoms with Gasteiger partial charge in [0.1, 0.15) is 11.6 Å². The maximum Gasteiger partial charge on any atom is 0.249 e. The SMILES string of the molecule is CC1C(=O)NC(C)(C2CC2)C(=O)N1C1C2C3CCC(C3)C21. The van der Waals surface area contributed by atoms with Crippen molar-refractivity contribution in [2.24, 2.45) is 29.6 Å². The van der Waals surface area contributed by atoms with Gasteiger partial charge in [0, 0.05) is 6.04 Å². The van der Waals surface area contributed by atoms with Crippen molar-refractivity contribution < 1.29 is 9.59 Å². The van der Waals surface area contributed by atoms with Gasteiger partial charge >= 0.3 is 0 Å². The second-order valence-electron chi connectivity index (χ2n) is 8.33. The van der Waals surface area contributed by atoms with Gasteiger partial charge < -0.3 is 10.2 Å². The van der Waals surface area contributed by atoms with Crippen molar-refractivity contribution in [1.29, 1.82) is 0 Å². The molecule has 5 rings (SSSR count). The minimum atomic E-state index is -0.625. The van der Waals surface area contributed by atoms with Gasteiger partial charge in [-0.25, -0.2) is 0 Å². The predicted octanol–water partition coefficient (Wildman–Crippen LogP) is 1.55. The zero-order valence-electron chi connectivity index (χ0n) is 12.8. The molecule has 6 unspecified atom stereocenters. The van der Waals surface area contributed by atoms with Gasteiger partial charge in [-0.2, -0.15) is 0 Å². The van der Waals surface area contributed by atoms with E-state index in [2.05, 4.69) is 5.32 Å². The molecule has 114 valence electrons. The molecular formula is C17H24N2O2. The number of fused-ring (bicyclic) bond motifs is 5. The zero-order valence-corrected chi connectivity index (χ0v) is 12.8. The third-order valence-corrected chi connectivity index (χ3v) is 7.27. The van der Waals surface area contributed by atoms with Crippen LogP contribution in [0.4, 0.5) is 0 Å². The van der Waals surface area contributed by atoms with Gasteiger partial charge in [-0.3, -0.25) is 9.59 Å². The Labute approximate surface area is 125 Å². The Hall–Kier alpha value is -1.06. The van der Waals surface area contributed by atoms with Crippen LogP contribution in [0.15, 0.2) is 0 Å². The van der Waals surface area contributed by atoms with Gasteiger partial charge in [0.05, 0.1) is 0 Å². The first-order valence-corrected chi connectivity index (χ1v) is 8.67. The normalized spacial score (nSPS) is 54.7. The topological polar surface area (TPSA) is 49.4 Å². The molecule has 4 saturated carbocycles. The molecule has 0 aromatic carbocycles. The molecule has 6 atom stereocenters. The third kappa shape index (κ3) is 1.42. The van der Waals surface area contributed by atoms with Gasteiger partial charge in [0.25, 0.3) is 0 Å². The Balaban J connectivity index is 1.47. The van der Waals surface area contributed by atoms with E-state index in [4.69, 9.17) is 0 Å². The highest BCUT2D eigenvalue weighted by atomic mass is 16.2. The fraction of sp³-hybridized carbons (Fsp3) is 0.882. The smallest absolute Gasteiger partial charge is 0.249 e. The number of piperazine rings is 1. The molecule has 1 saturated heterocycles. The van der Waals surface area contributed by atoms with Crippen molar-refractivity contribution in [3.05, 3.63) is 0 Å². The molecule has 0 aromatic heterocycles. The van der Waals surface area contributed by atoms with E-state index in [9.17, 15) is 9.59 Å². The van der Waals surface area contributed by atoms with Crippen molar-refractivity contribution in [3.8, 4) is 0 Å². The second kappa shape index (κ2) is 3.64. The molecule has 4 nitrogen and oxygen atoms in total. The molecular weight excluding hydrogens is 264 g/mol. The fourth-order valence-electron chi connectivity index (χ4n) is 5.97. The van der Waals surface area contributed by atoms with E-state index in [1.165, 1.54) is 19.3 Å². The number of nitrogens with one attached hydrogen (secondary N) is 1. The Bertz CT molecular complexity index is 527. The van der Waals surface area contributed by atoms with E-state index in [1.807, 2.05) is 18.7 Å². The van der Waals surface area contributed by atoms with E-state index in [0.29, 0.717) is 23.8 Å². The van der Waals surface area contributed by atoms with Crippen molar-refractivity contribution in [2.75, 3.05) is 0 Å². The van der Waals surface area contributed by atoms with Crippen LogP contribution in [0.5, 0.6) is 0 Å². The first-order valence-electron chi connectivity index (χ1n) is 8.67. The van der Waals surface area contributed by atoms with Crippen LogP contribution >= 0.6 is 0 Å². The van der Waals surface area contributed by atoms with Crippen molar-refractivity contribution in [1.82, 2.24) is 10.2 Å². The average Bonchev–Trinajstić information content (AvgIpc) is 3.36. The number of hydrogen-bond donors (Lipinski definition) is 1. The summed E-state index contributed by atoms with van der Waals surface area (Å²) in [6.45, 7) is 3.87. The molecule has 0 radical (unpaired) electrons. The van der Waals surface area contributed by atoms with Gasteiger partial charge in [-0.15, -0.1) is 0 Å². The van der Waals surface area contributed by atoms with Crippen LogP contribution in [0, 0.1) is 29.6 Å². The molecule has 1 N–H and O–H groups in total. The quantitative estimate of drug-likeness (QED) is 0.838. The van der Waals surface area contributed by atoms with Crippen molar-refractivity contribution >= 4 is 11.8 Å². The maximum absolute atomic E-state index is 13.1. The molecule has 0 spiro atoms. The van der Waals surface area contributed by atoms with Gasteiger partial charge in [-0.1, -0.05) is 0 Å². The highest BCUT2D eigenvalue weighted by Crippen LogP contribution is 2.68. The molecule has 1 heterocycles. The summed E-state index contributed by atoms with van der Waals surface area (Å²) in [7, 11) is 0. The molecule has 1 aliphatic heterocycles. The number of hydrogen-bond acceptors (Lipinski definition) is 2. The third-order valence-electron chi connectivity index (χ3n) is 7.27. The summed E-state index contributed by atoms with van der Waals surface area (Å²) in [5, 5.41) is 3.04. The number of carbonyl (C=O) groups is 2. The predicted molar refractivity (Wildman–Crippen MR) is 77.2 cm³/mol. The summed E-state index contributed by atoms with van der Waals surface area (Å²) in [5.41, 5.74) is -0.625. The first kappa shape index (κ1) is 12.5. The molecule has 21 heavy (non-hydrogen) atoms. The lowest BCUT2D eigenvalue weighted by Crippen LogP contribution is -2.70. The average molecular weight is 288 g/mol. The second-order valence-corrected chi connectivity index (χ2v) is 8.33. The largest absolute Gasteiger partial charge is 0.340 e. The van der Waals surface area contributed by atoms with E-state index in [-0.39, 0.29) is 17.9 Å². The standard InChI is InChI=1S/C17H24N2O2/c1-8-15(20)18-17(2,11-5-6-11)16(21)19(8)14-12-9-3-4-10(7-9)13(12)14/h8-14H,3-7H2,1-2H3,(H,18,20). The van der Waals surface area contributed by atoms with Crippen LogP contribution in [0.25, 0.3) is 0 Å². The Morgan fingerprint density at radius 2 is 1.71 bits per heavy atom. The minimum Gasteiger partial charge on any atom is -0.340 e. The zero-order chi connectivity index (χ0) is 14.5. The number of carbonyl (C=O) groups excluding carboxylic acids is 2. The number of amides is 2. The minimum absolute atomic E-state index is 0.0568. The first-order chi connectivity index (χ1) is 10.0. The van der Waals surface area contributed by atoms with E-state index >= 15 is 0 Å². The summed E-state index contributed by atoms with van der Waals surface area (Å²) < 4.78 is 0. The highest BCUT2D eigenvalue weighted by Gasteiger charge is 2.70. The summed E-state index contributed by atoms with van der Waals surface area (Å²) >= 11 is 0. The lowest BCUT2D eigenvalue weighted by molar-refractivity contribution is -0.156. The Morgan fingerprint density at radius 3 is 2.29 bits per heavy atom. The van der Waals surface area contributed by atoms with Crippen LogP contribution in [-0.4, -0.2) is 34.3 Å². The van der Waals surface area contributed by atoms with E-state index in [0.717, 1.165) is 24.7 Å². The van der Waals surface area contributed by atoms with Crippen LogP contribution in [0.2, 0.25) is 0 Å². The monoisotopic (exact) mass is 288 g/mol. The van der Waals surface area contributed by atoms with Gasteiger partial charge in [0.15, 0.2) is 0 Å². The van der Waals surface area contributed by atoms with Gasteiger partial charge in [0.2, 0.25) is 11.8 Å². The molecule has 4 aliphatic carbocycles. The summed E-state index contributed by atoms with van der Waals surface area (Å²) in [6, 6.07) is 0.0993. The Morgan fingerprint density at radius 1 is 1.10 bits per heavy atom. The molecule has 2 bridgehead atoms. The van der Waals surface area contributed by atoms with E-state index in [1.54, 1.807) is 0 Å². The lowest BCUT2D eigenvalue weighted by atomic mass is 9.89. The van der Waals surface area contributed by atoms with Crippen LogP contribution in [-0.2, 0) is 9.59 Å². The van der Waals surface area contributed by atoms with E-state index < -0.39 is 5.54 Å². The maximum atomic E-state index is 13.1. The number of nitrogens with zero attached hydrogens (tertiary/aromatic N) is 1. The fourth-order valence-corrected chi connectivity index (χ4v) is 5.97. The number of rotatable bonds is 2. The Kier molecular flexibility index (Phi) is 2.16.